The van der Waals surface area contributed by atoms with E-state index >= 15 is 0 Å². The SMILES string of the molecule is CCCCCCCCC(CCCCC)c1ccc(-c2ccc(C(=O)OC(C)C(=O)c3ccc(CCCC)cc3)cc2)cc1. The van der Waals surface area contributed by atoms with Crippen LogP contribution in [0.25, 0.3) is 11.1 Å². The summed E-state index contributed by atoms with van der Waals surface area (Å²) >= 11 is 0. The zero-order valence-electron chi connectivity index (χ0n) is 27.2. The predicted octanol–water partition coefficient (Wildman–Crippen LogP) is 11.5. The molecule has 0 heterocycles. The number of Topliss-reactive ketones (excluding diaryl/α,β-unsaturated/α-hetero) is 1. The fourth-order valence-corrected chi connectivity index (χ4v) is 5.77. The Morgan fingerprint density at radius 3 is 1.67 bits per heavy atom. The van der Waals surface area contributed by atoms with Gasteiger partial charge in [-0.15, -0.1) is 0 Å². The minimum Gasteiger partial charge on any atom is -0.451 e. The van der Waals surface area contributed by atoms with E-state index in [0.29, 0.717) is 17.0 Å². The first-order chi connectivity index (χ1) is 21.0. The number of unbranched alkanes of at least 4 members (excludes halogenated alkanes) is 8. The zero-order chi connectivity index (χ0) is 30.9. The Bertz CT molecular complexity index is 1210. The lowest BCUT2D eigenvalue weighted by Gasteiger charge is -2.18. The molecule has 3 nitrogen and oxygen atoms in total. The Morgan fingerprint density at radius 2 is 1.07 bits per heavy atom. The van der Waals surface area contributed by atoms with Crippen molar-refractivity contribution in [3.8, 4) is 11.1 Å². The van der Waals surface area contributed by atoms with Gasteiger partial charge in [0.25, 0.3) is 0 Å². The maximum Gasteiger partial charge on any atom is 0.338 e. The van der Waals surface area contributed by atoms with Crippen LogP contribution in [-0.4, -0.2) is 17.9 Å². The van der Waals surface area contributed by atoms with Crippen molar-refractivity contribution in [1.29, 1.82) is 0 Å². The maximum absolute atomic E-state index is 12.9. The van der Waals surface area contributed by atoms with Crippen molar-refractivity contribution in [2.75, 3.05) is 0 Å². The molecule has 0 N–H and O–H groups in total. The van der Waals surface area contributed by atoms with Gasteiger partial charge in [-0.2, -0.15) is 0 Å². The van der Waals surface area contributed by atoms with Crippen molar-refractivity contribution in [3.05, 3.63) is 95.1 Å². The Balaban J connectivity index is 1.57. The lowest BCUT2D eigenvalue weighted by Crippen LogP contribution is -2.24. The summed E-state index contributed by atoms with van der Waals surface area (Å²) in [4.78, 5) is 25.7. The summed E-state index contributed by atoms with van der Waals surface area (Å²) in [7, 11) is 0. The number of esters is 1. The average molecular weight is 583 g/mol. The third-order valence-electron chi connectivity index (χ3n) is 8.61. The summed E-state index contributed by atoms with van der Waals surface area (Å²) in [5, 5.41) is 0. The second-order valence-electron chi connectivity index (χ2n) is 12.2. The average Bonchev–Trinajstić information content (AvgIpc) is 3.04. The van der Waals surface area contributed by atoms with Crippen LogP contribution in [0.2, 0.25) is 0 Å². The van der Waals surface area contributed by atoms with E-state index in [4.69, 9.17) is 4.74 Å². The van der Waals surface area contributed by atoms with Gasteiger partial charge < -0.3 is 4.74 Å². The molecule has 3 aromatic rings. The van der Waals surface area contributed by atoms with Crippen LogP contribution in [0, 0.1) is 0 Å². The number of benzene rings is 3. The fraction of sp³-hybridized carbons (Fsp3) is 0.500. The molecule has 43 heavy (non-hydrogen) atoms. The quantitative estimate of drug-likeness (QED) is 0.0756. The van der Waals surface area contributed by atoms with E-state index in [2.05, 4.69) is 45.0 Å². The van der Waals surface area contributed by atoms with Crippen LogP contribution >= 0.6 is 0 Å². The molecular weight excluding hydrogens is 528 g/mol. The summed E-state index contributed by atoms with van der Waals surface area (Å²) in [5.41, 5.74) is 5.89. The largest absolute Gasteiger partial charge is 0.451 e. The normalized spacial score (nSPS) is 12.6. The van der Waals surface area contributed by atoms with E-state index < -0.39 is 12.1 Å². The first kappa shape index (κ1) is 34.3. The Labute approximate surface area is 261 Å². The van der Waals surface area contributed by atoms with E-state index in [9.17, 15) is 9.59 Å². The molecule has 0 saturated carbocycles. The highest BCUT2D eigenvalue weighted by Crippen LogP contribution is 2.31. The van der Waals surface area contributed by atoms with E-state index in [1.54, 1.807) is 19.1 Å². The van der Waals surface area contributed by atoms with Gasteiger partial charge in [-0.05, 0) is 72.9 Å². The van der Waals surface area contributed by atoms with Crippen LogP contribution in [0.1, 0.15) is 149 Å². The van der Waals surface area contributed by atoms with Crippen LogP contribution in [0.15, 0.2) is 72.8 Å². The maximum atomic E-state index is 12.9. The topological polar surface area (TPSA) is 43.4 Å². The van der Waals surface area contributed by atoms with Gasteiger partial charge in [0.05, 0.1) is 5.56 Å². The molecule has 3 heteroatoms. The highest BCUT2D eigenvalue weighted by Gasteiger charge is 2.20. The molecule has 2 unspecified atom stereocenters. The number of carbonyl (C=O) groups is 2. The standard InChI is InChI=1S/C40H54O3/c1-5-8-11-12-13-15-18-33(17-14-9-6-2)34-23-25-35(26-24-34)36-27-29-38(30-28-36)40(42)43-31(4)39(41)37-21-19-32(20-22-37)16-10-7-3/h19-31,33H,5-18H2,1-4H3. The number of hydrogen-bond acceptors (Lipinski definition) is 3. The molecule has 0 amide bonds. The van der Waals surface area contributed by atoms with E-state index in [-0.39, 0.29) is 5.78 Å². The molecule has 0 aliphatic rings. The molecule has 0 aliphatic carbocycles. The van der Waals surface area contributed by atoms with E-state index in [1.165, 1.54) is 81.8 Å². The van der Waals surface area contributed by atoms with Gasteiger partial charge in [-0.1, -0.05) is 146 Å². The zero-order valence-corrected chi connectivity index (χ0v) is 27.2. The Morgan fingerprint density at radius 1 is 0.581 bits per heavy atom. The van der Waals surface area contributed by atoms with Gasteiger partial charge in [0, 0.05) is 5.56 Å². The molecule has 0 aliphatic heterocycles. The van der Waals surface area contributed by atoms with Crippen molar-refractivity contribution in [2.24, 2.45) is 0 Å². The van der Waals surface area contributed by atoms with Crippen molar-refractivity contribution in [3.63, 3.8) is 0 Å². The smallest absolute Gasteiger partial charge is 0.338 e. The minimum absolute atomic E-state index is 0.184. The highest BCUT2D eigenvalue weighted by molar-refractivity contribution is 6.01. The highest BCUT2D eigenvalue weighted by atomic mass is 16.5. The van der Waals surface area contributed by atoms with Gasteiger partial charge in [-0.3, -0.25) is 4.79 Å². The molecule has 0 bridgehead atoms. The molecule has 232 valence electrons. The summed E-state index contributed by atoms with van der Waals surface area (Å²) < 4.78 is 5.55. The van der Waals surface area contributed by atoms with E-state index in [0.717, 1.165) is 30.4 Å². The van der Waals surface area contributed by atoms with Crippen LogP contribution < -0.4 is 0 Å². The molecule has 3 aromatic carbocycles. The van der Waals surface area contributed by atoms with Crippen LogP contribution in [-0.2, 0) is 11.2 Å². The Hall–Kier alpha value is -3.20. The lowest BCUT2D eigenvalue weighted by atomic mass is 9.87. The summed E-state index contributed by atoms with van der Waals surface area (Å²) in [6, 6.07) is 24.2. The monoisotopic (exact) mass is 582 g/mol. The summed E-state index contributed by atoms with van der Waals surface area (Å²) in [6.07, 6.45) is 16.9. The summed E-state index contributed by atoms with van der Waals surface area (Å²) in [6.45, 7) is 8.36. The molecule has 3 rings (SSSR count). The third kappa shape index (κ3) is 11.4. The lowest BCUT2D eigenvalue weighted by molar-refractivity contribution is 0.0319. The molecule has 0 spiro atoms. The molecule has 0 aromatic heterocycles. The van der Waals surface area contributed by atoms with Gasteiger partial charge in [0.1, 0.15) is 0 Å². The number of rotatable bonds is 20. The molecular formula is C40H54O3. The molecule has 0 saturated heterocycles. The predicted molar refractivity (Wildman–Crippen MR) is 181 cm³/mol. The Kier molecular flexibility index (Phi) is 15.3. The first-order valence-electron chi connectivity index (χ1n) is 17.0. The van der Waals surface area contributed by atoms with Crippen molar-refractivity contribution < 1.29 is 14.3 Å². The fourth-order valence-electron chi connectivity index (χ4n) is 5.77. The number of aryl methyl sites for hydroxylation is 1. The van der Waals surface area contributed by atoms with Crippen LogP contribution in [0.4, 0.5) is 0 Å². The number of carbonyl (C=O) groups excluding carboxylic acids is 2. The number of ether oxygens (including phenoxy) is 1. The molecule has 0 fully saturated rings. The van der Waals surface area contributed by atoms with Crippen molar-refractivity contribution in [2.45, 2.75) is 130 Å². The summed E-state index contributed by atoms with van der Waals surface area (Å²) in [5.74, 6) is -0.0314. The van der Waals surface area contributed by atoms with Crippen LogP contribution in [0.5, 0.6) is 0 Å². The van der Waals surface area contributed by atoms with Gasteiger partial charge in [0.15, 0.2) is 6.10 Å². The van der Waals surface area contributed by atoms with Crippen molar-refractivity contribution in [1.82, 2.24) is 0 Å². The molecule has 2 atom stereocenters. The van der Waals surface area contributed by atoms with E-state index in [1.807, 2.05) is 36.4 Å². The minimum atomic E-state index is -0.845. The van der Waals surface area contributed by atoms with Gasteiger partial charge >= 0.3 is 5.97 Å². The van der Waals surface area contributed by atoms with Crippen molar-refractivity contribution >= 4 is 11.8 Å². The first-order valence-corrected chi connectivity index (χ1v) is 17.0. The third-order valence-corrected chi connectivity index (χ3v) is 8.61. The second kappa shape index (κ2) is 19.2. The van der Waals surface area contributed by atoms with Gasteiger partial charge in [-0.25, -0.2) is 4.79 Å². The molecule has 0 radical (unpaired) electrons. The van der Waals surface area contributed by atoms with Crippen LogP contribution in [0.3, 0.4) is 0 Å². The second-order valence-corrected chi connectivity index (χ2v) is 12.2. The number of ketones is 1. The number of hydrogen-bond donors (Lipinski definition) is 0. The van der Waals surface area contributed by atoms with Gasteiger partial charge in [0.2, 0.25) is 5.78 Å².